The van der Waals surface area contributed by atoms with Gasteiger partial charge in [-0.1, -0.05) is 57.5 Å². The van der Waals surface area contributed by atoms with Crippen molar-refractivity contribution in [3.63, 3.8) is 0 Å². The van der Waals surface area contributed by atoms with Gasteiger partial charge in [-0.15, -0.1) is 0 Å². The molecule has 0 saturated heterocycles. The zero-order valence-corrected chi connectivity index (χ0v) is 22.2. The number of rotatable bonds is 10. The number of carbonyl (C=O) groups is 3. The Morgan fingerprint density at radius 3 is 2.26 bits per heavy atom. The van der Waals surface area contributed by atoms with Gasteiger partial charge >= 0.3 is 0 Å². The molecule has 7 heteroatoms. The van der Waals surface area contributed by atoms with Crippen LogP contribution < -0.4 is 10.6 Å². The molecule has 0 fully saturated rings. The topological polar surface area (TPSA) is 94.3 Å². The molecule has 0 radical (unpaired) electrons. The zero-order valence-electron chi connectivity index (χ0n) is 22.2. The van der Waals surface area contributed by atoms with Crippen molar-refractivity contribution in [3.05, 3.63) is 53.4 Å². The molecule has 0 aliphatic heterocycles. The number of fused-ring (bicyclic) bond motifs is 1. The smallest absolute Gasteiger partial charge is 0.246 e. The van der Waals surface area contributed by atoms with Gasteiger partial charge in [-0.25, -0.2) is 0 Å². The van der Waals surface area contributed by atoms with E-state index >= 15 is 0 Å². The van der Waals surface area contributed by atoms with E-state index in [1.165, 1.54) is 17.4 Å². The van der Waals surface area contributed by atoms with Crippen molar-refractivity contribution < 1.29 is 14.4 Å². The first-order chi connectivity index (χ1) is 16.4. The lowest BCUT2D eigenvalue weighted by Crippen LogP contribution is -2.56. The number of nitrogens with one attached hydrogen (secondary N) is 3. The number of likely N-dealkylation sites (N-methyl/N-ethyl adjacent to an activating group) is 1. The highest BCUT2D eigenvalue weighted by molar-refractivity contribution is 5.93. The van der Waals surface area contributed by atoms with Crippen LogP contribution in [-0.4, -0.2) is 46.7 Å². The summed E-state index contributed by atoms with van der Waals surface area (Å²) in [5.41, 5.74) is 4.37. The first-order valence-electron chi connectivity index (χ1n) is 12.2. The van der Waals surface area contributed by atoms with Gasteiger partial charge in [0.25, 0.3) is 0 Å². The Kier molecular flexibility index (Phi) is 9.87. The molecule has 0 aliphatic rings. The highest BCUT2D eigenvalue weighted by atomic mass is 16.2. The second-order valence-corrected chi connectivity index (χ2v) is 9.95. The van der Waals surface area contributed by atoms with Crippen LogP contribution in [0.2, 0.25) is 0 Å². The molecular formula is C28H40N4O3. The summed E-state index contributed by atoms with van der Waals surface area (Å²) in [6, 6.07) is 6.70. The van der Waals surface area contributed by atoms with Crippen LogP contribution in [0, 0.1) is 11.8 Å². The van der Waals surface area contributed by atoms with Gasteiger partial charge in [0.15, 0.2) is 0 Å². The molecule has 1 heterocycles. The quantitative estimate of drug-likeness (QED) is 0.440. The molecule has 35 heavy (non-hydrogen) atoms. The molecule has 7 nitrogen and oxygen atoms in total. The molecule has 0 bridgehead atoms. The number of nitrogens with zero attached hydrogens (tertiary/aromatic N) is 1. The minimum Gasteiger partial charge on any atom is -0.358 e. The lowest BCUT2D eigenvalue weighted by Gasteiger charge is -2.33. The molecule has 0 spiro atoms. The van der Waals surface area contributed by atoms with Crippen LogP contribution in [-0.2, 0) is 20.8 Å². The molecule has 2 rings (SSSR count). The van der Waals surface area contributed by atoms with Crippen LogP contribution in [0.25, 0.3) is 17.0 Å². The van der Waals surface area contributed by atoms with E-state index in [1.807, 2.05) is 52.0 Å². The molecular weight excluding hydrogens is 440 g/mol. The fourth-order valence-electron chi connectivity index (χ4n) is 4.18. The Labute approximate surface area is 209 Å². The lowest BCUT2D eigenvalue weighted by molar-refractivity contribution is -0.143. The number of benzene rings is 1. The van der Waals surface area contributed by atoms with Crippen molar-refractivity contribution in [2.24, 2.45) is 11.8 Å². The largest absolute Gasteiger partial charge is 0.358 e. The average molecular weight is 481 g/mol. The Balaban J connectivity index is 2.25. The van der Waals surface area contributed by atoms with Crippen LogP contribution in [0.1, 0.15) is 59.7 Å². The summed E-state index contributed by atoms with van der Waals surface area (Å²) in [7, 11) is 1.62. The second-order valence-electron chi connectivity index (χ2n) is 9.95. The predicted octanol–water partition coefficient (Wildman–Crippen LogP) is 4.41. The molecule has 190 valence electrons. The first-order valence-corrected chi connectivity index (χ1v) is 12.2. The maximum Gasteiger partial charge on any atom is 0.246 e. The van der Waals surface area contributed by atoms with Crippen LogP contribution in [0.3, 0.4) is 0 Å². The van der Waals surface area contributed by atoms with Crippen molar-refractivity contribution in [1.29, 1.82) is 0 Å². The normalized spacial score (nSPS) is 13.2. The summed E-state index contributed by atoms with van der Waals surface area (Å²) in [5, 5.41) is 6.67. The number of para-hydroxylation sites is 1. The number of aromatic amines is 1. The van der Waals surface area contributed by atoms with Gasteiger partial charge in [-0.3, -0.25) is 14.4 Å². The molecule has 2 atom stereocenters. The van der Waals surface area contributed by atoms with E-state index in [1.54, 1.807) is 13.2 Å². The molecule has 3 amide bonds. The molecule has 1 aromatic carbocycles. The summed E-state index contributed by atoms with van der Waals surface area (Å²) < 4.78 is 0. The van der Waals surface area contributed by atoms with Gasteiger partial charge in [-0.2, -0.15) is 0 Å². The number of H-pyrrole nitrogens is 1. The van der Waals surface area contributed by atoms with E-state index in [2.05, 4.69) is 41.6 Å². The van der Waals surface area contributed by atoms with Crippen molar-refractivity contribution in [2.45, 2.75) is 67.0 Å². The first kappa shape index (κ1) is 27.9. The van der Waals surface area contributed by atoms with E-state index in [-0.39, 0.29) is 29.6 Å². The van der Waals surface area contributed by atoms with Crippen molar-refractivity contribution in [2.75, 3.05) is 7.05 Å². The van der Waals surface area contributed by atoms with Crippen molar-refractivity contribution >= 4 is 34.7 Å². The number of allylic oxidation sites excluding steroid dienone is 2. The lowest BCUT2D eigenvalue weighted by atomic mass is 9.98. The van der Waals surface area contributed by atoms with Gasteiger partial charge < -0.3 is 20.5 Å². The van der Waals surface area contributed by atoms with E-state index in [9.17, 15) is 14.4 Å². The number of amides is 3. The van der Waals surface area contributed by atoms with Crippen molar-refractivity contribution in [3.8, 4) is 0 Å². The van der Waals surface area contributed by atoms with Gasteiger partial charge in [0.2, 0.25) is 17.7 Å². The Morgan fingerprint density at radius 2 is 1.69 bits per heavy atom. The molecule has 3 N–H and O–H groups in total. The van der Waals surface area contributed by atoms with E-state index in [0.717, 1.165) is 28.6 Å². The molecule has 0 aliphatic carbocycles. The Bertz CT molecular complexity index is 1110. The van der Waals surface area contributed by atoms with Crippen LogP contribution in [0.5, 0.6) is 0 Å². The highest BCUT2D eigenvalue weighted by Gasteiger charge is 2.34. The van der Waals surface area contributed by atoms with Crippen LogP contribution in [0.15, 0.2) is 42.1 Å². The monoisotopic (exact) mass is 480 g/mol. The fourth-order valence-corrected chi connectivity index (χ4v) is 4.18. The van der Waals surface area contributed by atoms with Gasteiger partial charge in [0.1, 0.15) is 12.1 Å². The number of hydrogen-bond acceptors (Lipinski definition) is 3. The third kappa shape index (κ3) is 7.31. The SMILES string of the molecule is CC(=O)N[C@H](C(=O)N(C)[C@@H](C(=O)N/C=C\c1c(CC=C(C)C)[nH]c2ccccc12)C(C)C)C(C)C. The van der Waals surface area contributed by atoms with Gasteiger partial charge in [-0.05, 0) is 37.8 Å². The summed E-state index contributed by atoms with van der Waals surface area (Å²) in [5.74, 6) is -1.06. The fraction of sp³-hybridized carbons (Fsp3) is 0.464. The number of aromatic nitrogens is 1. The summed E-state index contributed by atoms with van der Waals surface area (Å²) in [6.45, 7) is 13.1. The van der Waals surface area contributed by atoms with Gasteiger partial charge in [0, 0.05) is 48.8 Å². The van der Waals surface area contributed by atoms with E-state index < -0.39 is 12.1 Å². The minimum atomic E-state index is -0.689. The third-order valence-corrected chi connectivity index (χ3v) is 5.97. The zero-order chi connectivity index (χ0) is 26.3. The van der Waals surface area contributed by atoms with Crippen molar-refractivity contribution in [1.82, 2.24) is 20.5 Å². The van der Waals surface area contributed by atoms with E-state index in [0.29, 0.717) is 0 Å². The molecule has 2 aromatic rings. The summed E-state index contributed by atoms with van der Waals surface area (Å²) in [6.07, 6.45) is 6.47. The molecule has 1 aromatic heterocycles. The van der Waals surface area contributed by atoms with E-state index in [4.69, 9.17) is 0 Å². The molecule has 0 unspecified atom stereocenters. The van der Waals surface area contributed by atoms with Crippen LogP contribution >= 0.6 is 0 Å². The summed E-state index contributed by atoms with van der Waals surface area (Å²) >= 11 is 0. The predicted molar refractivity (Wildman–Crippen MR) is 142 cm³/mol. The van der Waals surface area contributed by atoms with Crippen LogP contribution in [0.4, 0.5) is 0 Å². The Morgan fingerprint density at radius 1 is 1.03 bits per heavy atom. The average Bonchev–Trinajstić information content (AvgIpc) is 3.12. The minimum absolute atomic E-state index is 0.106. The molecule has 0 saturated carbocycles. The summed E-state index contributed by atoms with van der Waals surface area (Å²) in [4.78, 5) is 42.9. The third-order valence-electron chi connectivity index (χ3n) is 5.97. The van der Waals surface area contributed by atoms with Gasteiger partial charge in [0.05, 0.1) is 0 Å². The standard InChI is InChI=1S/C28H40N4O3/c1-17(2)13-14-24-22(21-11-9-10-12-23(21)31-24)15-16-29-27(34)26(19(5)6)32(8)28(35)25(18(3)4)30-20(7)33/h9-13,15-16,18-19,25-26,31H,14H2,1-8H3,(H,29,34)(H,30,33)/b16-15-/t25-,26+/m0/s1. The second kappa shape index (κ2) is 12.4. The maximum absolute atomic E-state index is 13.2. The number of hydrogen-bond donors (Lipinski definition) is 3. The Hall–Kier alpha value is -3.35. The highest BCUT2D eigenvalue weighted by Crippen LogP contribution is 2.24. The number of carbonyl (C=O) groups excluding carboxylic acids is 3. The maximum atomic E-state index is 13.2.